The normalized spacial score (nSPS) is 11.7. The molecule has 0 saturated heterocycles. The lowest BCUT2D eigenvalue weighted by atomic mass is 10.1. The highest BCUT2D eigenvalue weighted by Crippen LogP contribution is 2.07. The van der Waals surface area contributed by atoms with Crippen LogP contribution in [0.15, 0.2) is 29.4 Å². The number of amidine groups is 1. The molecule has 0 bridgehead atoms. The molecule has 0 unspecified atom stereocenters. The van der Waals surface area contributed by atoms with E-state index in [1.54, 1.807) is 6.07 Å². The van der Waals surface area contributed by atoms with Crippen molar-refractivity contribution in [2.45, 2.75) is 26.4 Å². The number of benzene rings is 1. The molecule has 3 N–H and O–H groups in total. The van der Waals surface area contributed by atoms with E-state index in [2.05, 4.69) is 12.1 Å². The second kappa shape index (κ2) is 6.85. The summed E-state index contributed by atoms with van der Waals surface area (Å²) in [5.74, 6) is 0.121. The summed E-state index contributed by atoms with van der Waals surface area (Å²) in [6, 6.07) is 7.48. The minimum Gasteiger partial charge on any atom is -0.409 e. The second-order valence-corrected chi connectivity index (χ2v) is 3.59. The van der Waals surface area contributed by atoms with Crippen molar-refractivity contribution in [3.05, 3.63) is 35.4 Å². The summed E-state index contributed by atoms with van der Waals surface area (Å²) in [7, 11) is 0. The van der Waals surface area contributed by atoms with E-state index in [0.29, 0.717) is 12.2 Å². The van der Waals surface area contributed by atoms with Gasteiger partial charge in [-0.1, -0.05) is 36.7 Å². The van der Waals surface area contributed by atoms with E-state index in [-0.39, 0.29) is 5.84 Å². The van der Waals surface area contributed by atoms with E-state index in [9.17, 15) is 0 Å². The third-order valence-corrected chi connectivity index (χ3v) is 2.24. The van der Waals surface area contributed by atoms with Crippen LogP contribution >= 0.6 is 0 Å². The Morgan fingerprint density at radius 1 is 1.50 bits per heavy atom. The number of rotatable bonds is 6. The van der Waals surface area contributed by atoms with E-state index < -0.39 is 0 Å². The van der Waals surface area contributed by atoms with E-state index in [1.807, 2.05) is 18.2 Å². The Kier molecular flexibility index (Phi) is 5.36. The summed E-state index contributed by atoms with van der Waals surface area (Å²) >= 11 is 0. The summed E-state index contributed by atoms with van der Waals surface area (Å²) in [6.07, 6.45) is 2.20. The predicted octanol–water partition coefficient (Wildman–Crippen LogP) is 2.10. The lowest BCUT2D eigenvalue weighted by Crippen LogP contribution is -2.13. The van der Waals surface area contributed by atoms with E-state index in [0.717, 1.165) is 25.0 Å². The summed E-state index contributed by atoms with van der Waals surface area (Å²) in [6.45, 7) is 3.46. The Labute approximate surface area is 95.7 Å². The molecule has 0 aromatic heterocycles. The lowest BCUT2D eigenvalue weighted by Gasteiger charge is -2.05. The van der Waals surface area contributed by atoms with Crippen molar-refractivity contribution < 1.29 is 9.94 Å². The number of hydrogen-bond acceptors (Lipinski definition) is 3. The average molecular weight is 222 g/mol. The van der Waals surface area contributed by atoms with Gasteiger partial charge >= 0.3 is 0 Å². The van der Waals surface area contributed by atoms with Crippen LogP contribution in [-0.4, -0.2) is 17.6 Å². The first-order valence-electron chi connectivity index (χ1n) is 5.42. The summed E-state index contributed by atoms with van der Waals surface area (Å²) in [4.78, 5) is 0. The van der Waals surface area contributed by atoms with Gasteiger partial charge in [-0.2, -0.15) is 0 Å². The maximum absolute atomic E-state index is 8.56. The number of hydrogen-bond donors (Lipinski definition) is 2. The van der Waals surface area contributed by atoms with Gasteiger partial charge in [0.2, 0.25) is 0 Å². The second-order valence-electron chi connectivity index (χ2n) is 3.59. The number of nitrogens with zero attached hydrogens (tertiary/aromatic N) is 1. The molecule has 0 spiro atoms. The Morgan fingerprint density at radius 3 is 3.00 bits per heavy atom. The number of ether oxygens (including phenoxy) is 1. The smallest absolute Gasteiger partial charge is 0.170 e. The molecular formula is C12H18N2O2. The Morgan fingerprint density at radius 2 is 2.31 bits per heavy atom. The molecule has 16 heavy (non-hydrogen) atoms. The van der Waals surface area contributed by atoms with Crippen LogP contribution in [0, 0.1) is 0 Å². The molecule has 1 aromatic carbocycles. The quantitative estimate of drug-likeness (QED) is 0.254. The fraction of sp³-hybridized carbons (Fsp3) is 0.417. The zero-order valence-electron chi connectivity index (χ0n) is 9.52. The molecule has 1 aromatic rings. The first-order valence-corrected chi connectivity index (χ1v) is 5.42. The van der Waals surface area contributed by atoms with Gasteiger partial charge in [0.25, 0.3) is 0 Å². The van der Waals surface area contributed by atoms with Gasteiger partial charge < -0.3 is 15.7 Å². The number of nitrogens with two attached hydrogens (primary N) is 1. The van der Waals surface area contributed by atoms with Crippen LogP contribution in [0.5, 0.6) is 0 Å². The zero-order valence-corrected chi connectivity index (χ0v) is 9.52. The minimum absolute atomic E-state index is 0.121. The minimum atomic E-state index is 0.121. The predicted molar refractivity (Wildman–Crippen MR) is 63.5 cm³/mol. The molecular weight excluding hydrogens is 204 g/mol. The van der Waals surface area contributed by atoms with Crippen molar-refractivity contribution in [2.75, 3.05) is 6.61 Å². The number of oxime groups is 1. The molecule has 88 valence electrons. The highest BCUT2D eigenvalue weighted by atomic mass is 16.5. The molecule has 0 aliphatic heterocycles. The highest BCUT2D eigenvalue weighted by Gasteiger charge is 2.00. The molecule has 4 heteroatoms. The van der Waals surface area contributed by atoms with Crippen LogP contribution in [0.3, 0.4) is 0 Å². The fourth-order valence-electron chi connectivity index (χ4n) is 1.31. The van der Waals surface area contributed by atoms with Crippen molar-refractivity contribution in [2.24, 2.45) is 10.9 Å². The van der Waals surface area contributed by atoms with Crippen molar-refractivity contribution in [3.8, 4) is 0 Å². The molecule has 0 amide bonds. The molecule has 0 fully saturated rings. The van der Waals surface area contributed by atoms with Crippen LogP contribution in [0.1, 0.15) is 30.9 Å². The van der Waals surface area contributed by atoms with Gasteiger partial charge in [-0.05, 0) is 18.1 Å². The summed E-state index contributed by atoms with van der Waals surface area (Å²) < 4.78 is 5.49. The maximum Gasteiger partial charge on any atom is 0.170 e. The van der Waals surface area contributed by atoms with Gasteiger partial charge in [0.15, 0.2) is 5.84 Å². The molecule has 0 saturated carbocycles. The maximum atomic E-state index is 8.56. The Balaban J connectivity index is 2.54. The van der Waals surface area contributed by atoms with Crippen molar-refractivity contribution in [3.63, 3.8) is 0 Å². The molecule has 0 atom stereocenters. The SMILES string of the molecule is CCCCOCc1cccc(/C(N)=N/O)c1. The third kappa shape index (κ3) is 3.90. The van der Waals surface area contributed by atoms with Crippen LogP contribution in [-0.2, 0) is 11.3 Å². The van der Waals surface area contributed by atoms with Crippen molar-refractivity contribution in [1.82, 2.24) is 0 Å². The molecule has 0 aliphatic carbocycles. The number of unbranched alkanes of at least 4 members (excludes halogenated alkanes) is 1. The monoisotopic (exact) mass is 222 g/mol. The van der Waals surface area contributed by atoms with Gasteiger partial charge in [0, 0.05) is 12.2 Å². The first kappa shape index (κ1) is 12.5. The Hall–Kier alpha value is -1.55. The summed E-state index contributed by atoms with van der Waals surface area (Å²) in [5, 5.41) is 11.5. The van der Waals surface area contributed by atoms with Crippen LogP contribution < -0.4 is 5.73 Å². The van der Waals surface area contributed by atoms with Crippen LogP contribution in [0.4, 0.5) is 0 Å². The standard InChI is InChI=1S/C12H18N2O2/c1-2-3-7-16-9-10-5-4-6-11(8-10)12(13)14-15/h4-6,8,15H,2-3,7,9H2,1H3,(H2,13,14). The van der Waals surface area contributed by atoms with Gasteiger partial charge in [-0.3, -0.25) is 0 Å². The zero-order chi connectivity index (χ0) is 11.8. The largest absolute Gasteiger partial charge is 0.409 e. The van der Waals surface area contributed by atoms with Gasteiger partial charge in [-0.25, -0.2) is 0 Å². The van der Waals surface area contributed by atoms with Crippen molar-refractivity contribution in [1.29, 1.82) is 0 Å². The molecule has 0 aliphatic rings. The van der Waals surface area contributed by atoms with Gasteiger partial charge in [0.1, 0.15) is 0 Å². The van der Waals surface area contributed by atoms with E-state index in [4.69, 9.17) is 15.7 Å². The molecule has 4 nitrogen and oxygen atoms in total. The van der Waals surface area contributed by atoms with E-state index >= 15 is 0 Å². The topological polar surface area (TPSA) is 67.8 Å². The summed E-state index contributed by atoms with van der Waals surface area (Å²) in [5.41, 5.74) is 7.23. The molecule has 0 heterocycles. The first-order chi connectivity index (χ1) is 7.77. The van der Waals surface area contributed by atoms with Crippen molar-refractivity contribution >= 4 is 5.84 Å². The highest BCUT2D eigenvalue weighted by molar-refractivity contribution is 5.97. The van der Waals surface area contributed by atoms with Crippen LogP contribution in [0.2, 0.25) is 0 Å². The third-order valence-electron chi connectivity index (χ3n) is 2.24. The lowest BCUT2D eigenvalue weighted by molar-refractivity contribution is 0.118. The van der Waals surface area contributed by atoms with E-state index in [1.165, 1.54) is 0 Å². The average Bonchev–Trinajstić information content (AvgIpc) is 2.34. The van der Waals surface area contributed by atoms with Gasteiger partial charge in [-0.15, -0.1) is 0 Å². The molecule has 1 rings (SSSR count). The van der Waals surface area contributed by atoms with Gasteiger partial charge in [0.05, 0.1) is 6.61 Å². The fourth-order valence-corrected chi connectivity index (χ4v) is 1.31. The molecule has 0 radical (unpaired) electrons. The Bertz CT molecular complexity index is 351. The van der Waals surface area contributed by atoms with Crippen LogP contribution in [0.25, 0.3) is 0 Å².